The number of nitrogens with one attached hydrogen (secondary N) is 1. The van der Waals surface area contributed by atoms with Gasteiger partial charge in [-0.3, -0.25) is 9.59 Å². The van der Waals surface area contributed by atoms with Gasteiger partial charge in [-0.2, -0.15) is 9.78 Å². The van der Waals surface area contributed by atoms with Crippen molar-refractivity contribution in [1.82, 2.24) is 15.1 Å². The SMILES string of the molecule is Cc1nn(/C(O)=C(\C=O)C(=O)NC2CC2)c(N(C)CC(C)C)c1Br. The topological polar surface area (TPSA) is 87.5 Å². The normalized spacial score (nSPS) is 15.2. The van der Waals surface area contributed by atoms with E-state index in [0.29, 0.717) is 28.2 Å². The largest absolute Gasteiger partial charge is 0.493 e. The molecule has 1 amide bonds. The summed E-state index contributed by atoms with van der Waals surface area (Å²) in [6, 6.07) is 0.0921. The number of hydrogen-bond donors (Lipinski definition) is 2. The van der Waals surface area contributed by atoms with E-state index in [-0.39, 0.29) is 11.6 Å². The number of nitrogens with zero attached hydrogens (tertiary/aromatic N) is 3. The minimum absolute atomic E-state index is 0.0921. The van der Waals surface area contributed by atoms with E-state index in [4.69, 9.17) is 0 Å². The molecule has 8 heteroatoms. The van der Waals surface area contributed by atoms with Crippen LogP contribution in [0.25, 0.3) is 5.88 Å². The first-order valence-electron chi connectivity index (χ1n) is 7.92. The quantitative estimate of drug-likeness (QED) is 0.242. The third kappa shape index (κ3) is 3.98. The van der Waals surface area contributed by atoms with Crippen molar-refractivity contribution in [3.8, 4) is 0 Å². The fourth-order valence-electron chi connectivity index (χ4n) is 2.42. The van der Waals surface area contributed by atoms with Crippen molar-refractivity contribution in [3.05, 3.63) is 15.7 Å². The van der Waals surface area contributed by atoms with Gasteiger partial charge in [0.05, 0.1) is 10.2 Å². The Hall–Kier alpha value is -1.83. The maximum absolute atomic E-state index is 12.2. The Morgan fingerprint density at radius 2 is 2.17 bits per heavy atom. The summed E-state index contributed by atoms with van der Waals surface area (Å²) in [5, 5.41) is 17.5. The Bertz CT molecular complexity index is 677. The number of carbonyl (C=O) groups is 2. The highest BCUT2D eigenvalue weighted by Gasteiger charge is 2.28. The Morgan fingerprint density at radius 3 is 2.67 bits per heavy atom. The van der Waals surface area contributed by atoms with Crippen molar-refractivity contribution in [3.63, 3.8) is 0 Å². The fraction of sp³-hybridized carbons (Fsp3) is 0.562. The van der Waals surface area contributed by atoms with Gasteiger partial charge in [0.25, 0.3) is 5.91 Å². The number of aryl methyl sites for hydroxylation is 1. The third-order valence-electron chi connectivity index (χ3n) is 3.68. The molecular weight excluding hydrogens is 376 g/mol. The maximum atomic E-state index is 12.2. The molecule has 1 aliphatic carbocycles. The Kier molecular flexibility index (Phi) is 5.69. The van der Waals surface area contributed by atoms with Gasteiger partial charge in [-0.15, -0.1) is 0 Å². The zero-order valence-electron chi connectivity index (χ0n) is 14.3. The molecule has 0 atom stereocenters. The molecule has 2 rings (SSSR count). The summed E-state index contributed by atoms with van der Waals surface area (Å²) in [6.07, 6.45) is 2.16. The van der Waals surface area contributed by atoms with Gasteiger partial charge in [0.1, 0.15) is 11.4 Å². The molecule has 24 heavy (non-hydrogen) atoms. The molecule has 1 saturated carbocycles. The van der Waals surface area contributed by atoms with E-state index in [2.05, 4.69) is 40.2 Å². The summed E-state index contributed by atoms with van der Waals surface area (Å²) in [4.78, 5) is 25.5. The lowest BCUT2D eigenvalue weighted by Crippen LogP contribution is -2.30. The van der Waals surface area contributed by atoms with E-state index in [1.165, 1.54) is 4.68 Å². The lowest BCUT2D eigenvalue weighted by Gasteiger charge is -2.22. The molecule has 0 spiro atoms. The maximum Gasteiger partial charge on any atom is 0.260 e. The molecule has 7 nitrogen and oxygen atoms in total. The minimum atomic E-state index is -0.577. The van der Waals surface area contributed by atoms with Crippen LogP contribution >= 0.6 is 15.9 Å². The highest BCUT2D eigenvalue weighted by molar-refractivity contribution is 9.10. The zero-order valence-corrected chi connectivity index (χ0v) is 15.9. The Labute approximate surface area is 149 Å². The molecule has 0 saturated heterocycles. The van der Waals surface area contributed by atoms with E-state index in [1.54, 1.807) is 6.92 Å². The number of aldehydes is 1. The van der Waals surface area contributed by atoms with Crippen LogP contribution in [0.4, 0.5) is 5.82 Å². The molecule has 0 bridgehead atoms. The molecule has 0 radical (unpaired) electrons. The summed E-state index contributed by atoms with van der Waals surface area (Å²) >= 11 is 3.47. The Balaban J connectivity index is 2.44. The van der Waals surface area contributed by atoms with E-state index in [0.717, 1.165) is 19.4 Å². The molecule has 2 N–H and O–H groups in total. The van der Waals surface area contributed by atoms with Crippen molar-refractivity contribution in [2.75, 3.05) is 18.5 Å². The van der Waals surface area contributed by atoms with Crippen molar-refractivity contribution in [1.29, 1.82) is 0 Å². The molecule has 1 fully saturated rings. The number of halogens is 1. The summed E-state index contributed by atoms with van der Waals surface area (Å²) in [5.41, 5.74) is 0.330. The first-order valence-corrected chi connectivity index (χ1v) is 8.71. The summed E-state index contributed by atoms with van der Waals surface area (Å²) < 4.78 is 1.95. The number of aliphatic hydroxyl groups excluding tert-OH is 1. The number of hydrogen-bond acceptors (Lipinski definition) is 5. The predicted octanol–water partition coefficient (Wildman–Crippen LogP) is 2.25. The van der Waals surface area contributed by atoms with Crippen LogP contribution in [0.3, 0.4) is 0 Å². The molecule has 132 valence electrons. The lowest BCUT2D eigenvalue weighted by atomic mass is 10.2. The van der Waals surface area contributed by atoms with Crippen LogP contribution in [0.2, 0.25) is 0 Å². The molecule has 0 aliphatic heterocycles. The number of amides is 1. The number of carbonyl (C=O) groups excluding carboxylic acids is 2. The van der Waals surface area contributed by atoms with Crippen LogP contribution in [0, 0.1) is 12.8 Å². The summed E-state index contributed by atoms with van der Waals surface area (Å²) in [5.74, 6) is -0.0630. The van der Waals surface area contributed by atoms with Crippen LogP contribution in [0.15, 0.2) is 10.0 Å². The van der Waals surface area contributed by atoms with Gasteiger partial charge in [-0.1, -0.05) is 13.8 Å². The van der Waals surface area contributed by atoms with Gasteiger partial charge < -0.3 is 15.3 Å². The van der Waals surface area contributed by atoms with Gasteiger partial charge in [-0.05, 0) is 41.6 Å². The lowest BCUT2D eigenvalue weighted by molar-refractivity contribution is -0.119. The monoisotopic (exact) mass is 398 g/mol. The first-order chi connectivity index (χ1) is 11.3. The highest BCUT2D eigenvalue weighted by atomic mass is 79.9. The van der Waals surface area contributed by atoms with Crippen molar-refractivity contribution in [2.24, 2.45) is 5.92 Å². The van der Waals surface area contributed by atoms with E-state index < -0.39 is 11.8 Å². The second kappa shape index (κ2) is 7.38. The molecule has 1 aliphatic rings. The van der Waals surface area contributed by atoms with E-state index >= 15 is 0 Å². The van der Waals surface area contributed by atoms with Crippen molar-refractivity contribution < 1.29 is 14.7 Å². The smallest absolute Gasteiger partial charge is 0.260 e. The number of aromatic nitrogens is 2. The number of aliphatic hydroxyl groups is 1. The van der Waals surface area contributed by atoms with Crippen LogP contribution < -0.4 is 10.2 Å². The minimum Gasteiger partial charge on any atom is -0.493 e. The van der Waals surface area contributed by atoms with Crippen LogP contribution in [-0.4, -0.2) is 46.7 Å². The average Bonchev–Trinajstić information content (AvgIpc) is 3.24. The van der Waals surface area contributed by atoms with Crippen LogP contribution in [0.1, 0.15) is 32.4 Å². The molecular formula is C16H23BrN4O3. The van der Waals surface area contributed by atoms with E-state index in [9.17, 15) is 14.7 Å². The van der Waals surface area contributed by atoms with Crippen LogP contribution in [0.5, 0.6) is 0 Å². The second-order valence-corrected chi connectivity index (χ2v) is 7.31. The number of anilines is 1. The molecule has 0 aromatic carbocycles. The van der Waals surface area contributed by atoms with Crippen molar-refractivity contribution in [2.45, 2.75) is 39.7 Å². The van der Waals surface area contributed by atoms with Gasteiger partial charge >= 0.3 is 0 Å². The number of rotatable bonds is 7. The highest BCUT2D eigenvalue weighted by Crippen LogP contribution is 2.31. The zero-order chi connectivity index (χ0) is 18.0. The fourth-order valence-corrected chi connectivity index (χ4v) is 2.97. The average molecular weight is 399 g/mol. The van der Waals surface area contributed by atoms with Gasteiger partial charge in [0.15, 0.2) is 6.29 Å². The first kappa shape index (κ1) is 18.5. The summed E-state index contributed by atoms with van der Waals surface area (Å²) in [7, 11) is 1.87. The van der Waals surface area contributed by atoms with E-state index in [1.807, 2.05) is 11.9 Å². The van der Waals surface area contributed by atoms with Gasteiger partial charge in [-0.25, -0.2) is 0 Å². The predicted molar refractivity (Wildman–Crippen MR) is 95.8 cm³/mol. The van der Waals surface area contributed by atoms with Crippen LogP contribution in [-0.2, 0) is 9.59 Å². The Morgan fingerprint density at radius 1 is 1.54 bits per heavy atom. The van der Waals surface area contributed by atoms with Gasteiger partial charge in [0.2, 0.25) is 5.88 Å². The third-order valence-corrected chi connectivity index (χ3v) is 4.61. The van der Waals surface area contributed by atoms with Crippen molar-refractivity contribution >= 4 is 39.8 Å². The molecule has 1 aromatic heterocycles. The standard InChI is InChI=1S/C16H23BrN4O3/c1-9(2)7-20(4)15-13(17)10(3)19-21(15)16(24)12(8-22)14(23)18-11-5-6-11/h8-9,11,24H,5-7H2,1-4H3,(H,18,23)/b16-12-. The second-order valence-electron chi connectivity index (χ2n) is 6.51. The molecule has 1 aromatic rings. The summed E-state index contributed by atoms with van der Waals surface area (Å²) in [6.45, 7) is 6.66. The van der Waals surface area contributed by atoms with Gasteiger partial charge in [0, 0.05) is 19.6 Å². The molecule has 1 heterocycles. The molecule has 0 unspecified atom stereocenters.